The maximum Gasteiger partial charge on any atom is 3.00 e. The van der Waals surface area contributed by atoms with Gasteiger partial charge in [-0.3, -0.25) is 0 Å². The zero-order chi connectivity index (χ0) is 68.6. The molecule has 0 aliphatic carbocycles. The van der Waals surface area contributed by atoms with Crippen molar-refractivity contribution in [2.45, 2.75) is 0 Å². The van der Waals surface area contributed by atoms with Gasteiger partial charge in [-0.25, -0.2) is 12.1 Å². The van der Waals surface area contributed by atoms with Gasteiger partial charge in [0.25, 0.3) is 0 Å². The Morgan fingerprint density at radius 2 is 0.644 bits per heavy atom. The summed E-state index contributed by atoms with van der Waals surface area (Å²) in [6.07, 6.45) is 7.57. The number of hydrogen-bond acceptors (Lipinski definition) is 8. The Morgan fingerprint density at radius 3 is 0.990 bits per heavy atom. The first-order valence-electron chi connectivity index (χ1n) is 34.4. The molecule has 15 aromatic rings. The Morgan fingerprint density at radius 1 is 0.288 bits per heavy atom. The van der Waals surface area contributed by atoms with Crippen molar-refractivity contribution in [2.75, 3.05) is 50.1 Å². The molecule has 0 unspecified atom stereocenters. The van der Waals surface area contributed by atoms with E-state index in [1.807, 2.05) is 85.3 Å². The number of hydrogen-bond donors (Lipinski definition) is 0. The summed E-state index contributed by atoms with van der Waals surface area (Å²) in [6.45, 7) is 8.37. The number of likely N-dealkylation sites (N-methyl/N-ethyl adjacent to an activating group) is 2. The van der Waals surface area contributed by atoms with Crippen LogP contribution in [0.4, 0.5) is 11.4 Å². The van der Waals surface area contributed by atoms with Crippen molar-refractivity contribution in [1.29, 1.82) is 0 Å². The molecule has 8 nitrogen and oxygen atoms in total. The van der Waals surface area contributed by atoms with Crippen molar-refractivity contribution >= 4 is 11.4 Å². The molecule has 1 radical (unpaired) electrons. The number of pyridine rings is 4. The van der Waals surface area contributed by atoms with E-state index < -0.39 is 0 Å². The molecule has 0 spiro atoms. The maximum absolute atomic E-state index is 4.88. The van der Waals surface area contributed by atoms with E-state index in [1.165, 1.54) is 44.5 Å². The molecule has 6 heterocycles. The van der Waals surface area contributed by atoms with E-state index in [0.29, 0.717) is 11.4 Å². The van der Waals surface area contributed by atoms with E-state index >= 15 is 0 Å². The van der Waals surface area contributed by atoms with Crippen LogP contribution < -0.4 is 9.80 Å². The van der Waals surface area contributed by atoms with Gasteiger partial charge < -0.3 is 39.5 Å². The first-order chi connectivity index (χ1) is 50.4. The molecule has 17 rings (SSSR count). The van der Waals surface area contributed by atoms with Gasteiger partial charge in [-0.05, 0) is 166 Å². The van der Waals surface area contributed by atoms with Crippen LogP contribution in [0.15, 0.2) is 316 Å². The molecule has 0 N–H and O–H groups in total. The summed E-state index contributed by atoms with van der Waals surface area (Å²) in [5.41, 5.74) is 29.6. The Balaban J connectivity index is 0.000000183. The molecule has 4 aromatic heterocycles. The van der Waals surface area contributed by atoms with Crippen molar-refractivity contribution in [3.05, 3.63) is 366 Å². The van der Waals surface area contributed by atoms with Crippen LogP contribution in [-0.2, 0) is 40.2 Å². The normalized spacial score (nSPS) is 12.8. The van der Waals surface area contributed by atoms with Gasteiger partial charge in [0.1, 0.15) is 0 Å². The summed E-state index contributed by atoms with van der Waals surface area (Å²) in [4.78, 5) is 27.9. The fraction of sp³-hybridized carbons (Fsp3) is 0.0638. The van der Waals surface area contributed by atoms with Gasteiger partial charge in [0.05, 0.1) is 0 Å². The Hall–Kier alpha value is -11.2. The summed E-state index contributed by atoms with van der Waals surface area (Å²) in [7, 11) is 4.22. The summed E-state index contributed by atoms with van der Waals surface area (Å²) in [6, 6.07) is 122. The number of anilines is 2. The topological polar surface area (TPSA) is 64.5 Å². The molecule has 2 aliphatic rings. The van der Waals surface area contributed by atoms with E-state index in [-0.39, 0.29) is 40.2 Å². The summed E-state index contributed by atoms with van der Waals surface area (Å²) in [5, 5.41) is 0. The minimum Gasteiger partial charge on any atom is -0.528 e. The minimum atomic E-state index is 0. The molecule has 104 heavy (non-hydrogen) atoms. The molecule has 2 fully saturated rings. The fourth-order valence-electron chi connectivity index (χ4n) is 13.6. The van der Waals surface area contributed by atoms with Gasteiger partial charge in [0.2, 0.25) is 0 Å². The molecule has 0 bridgehead atoms. The Bertz CT molecular complexity index is 4900. The molecular weight excluding hydrogens is 1630 g/mol. The van der Waals surface area contributed by atoms with Gasteiger partial charge in [-0.2, -0.15) is 61.9 Å². The average molecular weight is 1690 g/mol. The number of rotatable bonds is 15. The predicted octanol–water partition coefficient (Wildman–Crippen LogP) is 21.2. The van der Waals surface area contributed by atoms with Crippen LogP contribution in [0.25, 0.3) is 145 Å². The fourth-order valence-corrected chi connectivity index (χ4v) is 13.6. The Labute approximate surface area is 637 Å². The van der Waals surface area contributed by atoms with Crippen LogP contribution in [0.3, 0.4) is 0 Å². The SMILES string of the molecule is CN1[CH-]N(c2[c-]cc(-c3ccccc3-c3cccc(-c4ccccc4-c4c[c-]c(N5[CH-]N(C)CC5)cc4)c3)cc2)CC1.[Ir+3].[Ir].[c-]1ccccc1-c1ccc(-c2ccccc2-c2cc(-c3ccccc3-c3c[c-]c(-c4[c-]cccn4)nc3)cc(-c3ccccc3-c3ccc(-c4[c-]cccc4)nc3)c2)cn1. The quantitative estimate of drug-likeness (QED) is 0.0941. The maximum atomic E-state index is 4.88. The second-order valence-corrected chi connectivity index (χ2v) is 25.5. The van der Waals surface area contributed by atoms with Crippen molar-refractivity contribution < 1.29 is 40.2 Å². The van der Waals surface area contributed by atoms with Crippen LogP contribution in [0, 0.1) is 49.7 Å². The third-order valence-corrected chi connectivity index (χ3v) is 18.8. The second kappa shape index (κ2) is 32.4. The van der Waals surface area contributed by atoms with Crippen molar-refractivity contribution in [2.24, 2.45) is 0 Å². The summed E-state index contributed by atoms with van der Waals surface area (Å²) >= 11 is 0. The van der Waals surface area contributed by atoms with E-state index in [4.69, 9.17) is 15.0 Å². The first-order valence-corrected chi connectivity index (χ1v) is 34.4. The van der Waals surface area contributed by atoms with Crippen LogP contribution in [0.2, 0.25) is 0 Å². The van der Waals surface area contributed by atoms with E-state index in [0.717, 1.165) is 127 Å². The number of benzene rings is 11. The van der Waals surface area contributed by atoms with E-state index in [2.05, 4.69) is 313 Å². The zero-order valence-corrected chi connectivity index (χ0v) is 62.0. The smallest absolute Gasteiger partial charge is 0.528 e. The first kappa shape index (κ1) is 69.9. The monoisotopic (exact) mass is 1690 g/mol. The number of nitrogens with zero attached hydrogens (tertiary/aromatic N) is 8. The van der Waals surface area contributed by atoms with Crippen LogP contribution in [0.5, 0.6) is 0 Å². The molecule has 507 valence electrons. The molecule has 0 saturated carbocycles. The van der Waals surface area contributed by atoms with Crippen molar-refractivity contribution in [1.82, 2.24) is 29.7 Å². The second-order valence-electron chi connectivity index (χ2n) is 25.5. The summed E-state index contributed by atoms with van der Waals surface area (Å²) < 4.78 is 0. The molecular formula is C94H68Ir2N8-5. The Kier molecular flexibility index (Phi) is 21.8. The van der Waals surface area contributed by atoms with Gasteiger partial charge in [-0.1, -0.05) is 186 Å². The van der Waals surface area contributed by atoms with Crippen molar-refractivity contribution in [3.8, 4) is 145 Å². The molecule has 11 aromatic carbocycles. The standard InChI is InChI=1S/C56H34N4.C38H34N4.2Ir/c1-3-15-39(16-4-1)53-29-26-41(36-58-53)47-19-7-10-22-50(47)44-33-45(51-23-11-8-20-48(51)42-27-30-54(59-37-42)40-17-5-2-6-18-40)35-46(34-44)52-24-12-9-21-49(52)43-28-31-56(60-38-43)55-25-13-14-32-57-55;1-39-22-24-41(27-39)33-18-14-29(15-19-33)35-10-3-5-12-37(35)31-8-7-9-32(26-31)38-13-6-4-11-36(38)30-16-20-34(21-17-30)42-25-23-40(2)28-42;;/h1-15,17,19-24,26-30,32-38H;3-18,20,26-28H,22-25H2,1-2H3;;/q2*-4;;+3. The van der Waals surface area contributed by atoms with Gasteiger partial charge in [0.15, 0.2) is 0 Å². The van der Waals surface area contributed by atoms with E-state index in [1.54, 1.807) is 6.20 Å². The van der Waals surface area contributed by atoms with Gasteiger partial charge in [-0.15, -0.1) is 124 Å². The molecule has 10 heteroatoms. The van der Waals surface area contributed by atoms with Crippen molar-refractivity contribution in [3.63, 3.8) is 0 Å². The number of aromatic nitrogens is 4. The average Bonchev–Trinajstić information content (AvgIpc) is 0.940. The minimum absolute atomic E-state index is 0. The van der Waals surface area contributed by atoms with Crippen LogP contribution >= 0.6 is 0 Å². The summed E-state index contributed by atoms with van der Waals surface area (Å²) in [5.74, 6) is 0. The molecule has 2 saturated heterocycles. The third kappa shape index (κ3) is 15.4. The largest absolute Gasteiger partial charge is 3.00 e. The van der Waals surface area contributed by atoms with Gasteiger partial charge in [0, 0.05) is 32.5 Å². The van der Waals surface area contributed by atoms with E-state index in [9.17, 15) is 0 Å². The molecule has 0 atom stereocenters. The molecule has 2 aliphatic heterocycles. The predicted molar refractivity (Wildman–Crippen MR) is 416 cm³/mol. The zero-order valence-electron chi connectivity index (χ0n) is 57.2. The third-order valence-electron chi connectivity index (χ3n) is 18.8. The van der Waals surface area contributed by atoms with Crippen LogP contribution in [-0.4, -0.2) is 70.0 Å². The van der Waals surface area contributed by atoms with Gasteiger partial charge >= 0.3 is 20.1 Å². The molecule has 0 amide bonds. The van der Waals surface area contributed by atoms with Crippen LogP contribution in [0.1, 0.15) is 0 Å².